The van der Waals surface area contributed by atoms with Crippen LogP contribution in [0.5, 0.6) is 0 Å². The lowest BCUT2D eigenvalue weighted by atomic mass is 10.4. The van der Waals surface area contributed by atoms with Crippen LogP contribution in [-0.2, 0) is 6.54 Å². The molecule has 2 rings (SSSR count). The van der Waals surface area contributed by atoms with Gasteiger partial charge in [0.25, 0.3) is 0 Å². The Kier molecular flexibility index (Phi) is 2.23. The zero-order valence-corrected chi connectivity index (χ0v) is 7.57. The van der Waals surface area contributed by atoms with E-state index in [0.29, 0.717) is 0 Å². The van der Waals surface area contributed by atoms with Gasteiger partial charge in [0.1, 0.15) is 0 Å². The van der Waals surface area contributed by atoms with E-state index in [0.717, 1.165) is 24.6 Å². The van der Waals surface area contributed by atoms with E-state index in [1.807, 2.05) is 28.8 Å². The number of fused-ring (bicyclic) bond motifs is 1. The van der Waals surface area contributed by atoms with Crippen molar-refractivity contribution in [1.82, 2.24) is 19.9 Å². The van der Waals surface area contributed by atoms with Gasteiger partial charge >= 0.3 is 0 Å². The third-order valence-corrected chi connectivity index (χ3v) is 1.92. The van der Waals surface area contributed by atoms with Crippen molar-refractivity contribution in [2.45, 2.75) is 13.5 Å². The summed E-state index contributed by atoms with van der Waals surface area (Å²) >= 11 is 0. The van der Waals surface area contributed by atoms with Crippen LogP contribution in [-0.4, -0.2) is 21.1 Å². The summed E-state index contributed by atoms with van der Waals surface area (Å²) in [7, 11) is 0. The first-order chi connectivity index (χ1) is 6.42. The largest absolute Gasteiger partial charge is 0.310 e. The number of aromatic nitrogens is 3. The second-order valence-electron chi connectivity index (χ2n) is 2.83. The minimum Gasteiger partial charge on any atom is -0.310 e. The molecule has 13 heavy (non-hydrogen) atoms. The summed E-state index contributed by atoms with van der Waals surface area (Å²) in [5.74, 6) is 0.956. The first kappa shape index (κ1) is 8.19. The second kappa shape index (κ2) is 3.53. The standard InChI is InChI=1S/C9H12N4/c1-2-10-7-9-12-11-8-5-3-4-6-13(8)9/h3-6,10H,2,7H2,1H3. The van der Waals surface area contributed by atoms with E-state index >= 15 is 0 Å². The Balaban J connectivity index is 2.35. The van der Waals surface area contributed by atoms with Crippen molar-refractivity contribution in [2.24, 2.45) is 0 Å². The Morgan fingerprint density at radius 3 is 3.15 bits per heavy atom. The minimum absolute atomic E-state index is 0.766. The monoisotopic (exact) mass is 176 g/mol. The minimum atomic E-state index is 0.766. The fraction of sp³-hybridized carbons (Fsp3) is 0.333. The average Bonchev–Trinajstić information content (AvgIpc) is 2.58. The van der Waals surface area contributed by atoms with Crippen LogP contribution in [0.4, 0.5) is 0 Å². The van der Waals surface area contributed by atoms with E-state index in [-0.39, 0.29) is 0 Å². The Morgan fingerprint density at radius 2 is 2.31 bits per heavy atom. The molecule has 0 radical (unpaired) electrons. The van der Waals surface area contributed by atoms with Crippen LogP contribution in [0.3, 0.4) is 0 Å². The third-order valence-electron chi connectivity index (χ3n) is 1.92. The quantitative estimate of drug-likeness (QED) is 0.753. The lowest BCUT2D eigenvalue weighted by molar-refractivity contribution is 0.683. The first-order valence-electron chi connectivity index (χ1n) is 4.41. The van der Waals surface area contributed by atoms with Gasteiger partial charge < -0.3 is 5.32 Å². The van der Waals surface area contributed by atoms with E-state index in [4.69, 9.17) is 0 Å². The number of nitrogens with zero attached hydrogens (tertiary/aromatic N) is 3. The summed E-state index contributed by atoms with van der Waals surface area (Å²) in [6.45, 7) is 3.78. The summed E-state index contributed by atoms with van der Waals surface area (Å²) in [6, 6.07) is 5.88. The highest BCUT2D eigenvalue weighted by molar-refractivity contribution is 5.36. The van der Waals surface area contributed by atoms with Gasteiger partial charge in [-0.05, 0) is 18.7 Å². The van der Waals surface area contributed by atoms with E-state index < -0.39 is 0 Å². The zero-order chi connectivity index (χ0) is 9.10. The van der Waals surface area contributed by atoms with Crippen LogP contribution in [0.2, 0.25) is 0 Å². The molecule has 0 unspecified atom stereocenters. The molecule has 4 nitrogen and oxygen atoms in total. The molecule has 2 heterocycles. The lowest BCUT2D eigenvalue weighted by Gasteiger charge is -1.98. The zero-order valence-electron chi connectivity index (χ0n) is 7.57. The highest BCUT2D eigenvalue weighted by atomic mass is 15.3. The number of rotatable bonds is 3. The predicted molar refractivity (Wildman–Crippen MR) is 50.4 cm³/mol. The molecule has 0 aliphatic carbocycles. The van der Waals surface area contributed by atoms with Crippen LogP contribution in [0.15, 0.2) is 24.4 Å². The Morgan fingerprint density at radius 1 is 1.38 bits per heavy atom. The molecule has 2 aromatic heterocycles. The Hall–Kier alpha value is -1.42. The van der Waals surface area contributed by atoms with Crippen LogP contribution in [0, 0.1) is 0 Å². The maximum Gasteiger partial charge on any atom is 0.160 e. The maximum absolute atomic E-state index is 4.08. The van der Waals surface area contributed by atoms with Crippen molar-refractivity contribution < 1.29 is 0 Å². The van der Waals surface area contributed by atoms with Crippen molar-refractivity contribution in [3.05, 3.63) is 30.2 Å². The van der Waals surface area contributed by atoms with Gasteiger partial charge in [-0.1, -0.05) is 13.0 Å². The van der Waals surface area contributed by atoms with Gasteiger partial charge in [0, 0.05) is 6.20 Å². The number of nitrogens with one attached hydrogen (secondary N) is 1. The van der Waals surface area contributed by atoms with Crippen LogP contribution >= 0.6 is 0 Å². The Bertz CT molecular complexity index is 393. The van der Waals surface area contributed by atoms with Crippen molar-refractivity contribution >= 4 is 5.65 Å². The summed E-state index contributed by atoms with van der Waals surface area (Å²) in [4.78, 5) is 0. The molecule has 0 aromatic carbocycles. The van der Waals surface area contributed by atoms with Crippen molar-refractivity contribution in [3.63, 3.8) is 0 Å². The van der Waals surface area contributed by atoms with Gasteiger partial charge in [-0.2, -0.15) is 0 Å². The molecule has 1 N–H and O–H groups in total. The molecule has 0 atom stereocenters. The maximum atomic E-state index is 4.08. The fourth-order valence-electron chi connectivity index (χ4n) is 1.25. The summed E-state index contributed by atoms with van der Waals surface area (Å²) < 4.78 is 1.99. The molecular weight excluding hydrogens is 164 g/mol. The van der Waals surface area contributed by atoms with Crippen molar-refractivity contribution in [2.75, 3.05) is 6.54 Å². The topological polar surface area (TPSA) is 42.2 Å². The average molecular weight is 176 g/mol. The van der Waals surface area contributed by atoms with E-state index in [9.17, 15) is 0 Å². The molecule has 68 valence electrons. The van der Waals surface area contributed by atoms with Gasteiger partial charge in [0.2, 0.25) is 0 Å². The van der Waals surface area contributed by atoms with Crippen LogP contribution in [0.1, 0.15) is 12.7 Å². The summed E-state index contributed by atoms with van der Waals surface area (Å²) in [6.07, 6.45) is 1.97. The van der Waals surface area contributed by atoms with E-state index in [1.165, 1.54) is 0 Å². The van der Waals surface area contributed by atoms with Crippen LogP contribution < -0.4 is 5.32 Å². The number of hydrogen-bond donors (Lipinski definition) is 1. The van der Waals surface area contributed by atoms with Gasteiger partial charge in [-0.15, -0.1) is 10.2 Å². The predicted octanol–water partition coefficient (Wildman–Crippen LogP) is 0.839. The normalized spacial score (nSPS) is 10.8. The smallest absolute Gasteiger partial charge is 0.160 e. The lowest BCUT2D eigenvalue weighted by Crippen LogP contribution is -2.14. The van der Waals surface area contributed by atoms with Gasteiger partial charge in [0.05, 0.1) is 6.54 Å². The molecule has 0 saturated heterocycles. The molecule has 0 fully saturated rings. The summed E-state index contributed by atoms with van der Waals surface area (Å²) in [5, 5.41) is 11.3. The molecule has 0 bridgehead atoms. The number of pyridine rings is 1. The molecule has 0 saturated carbocycles. The molecule has 2 aromatic rings. The third kappa shape index (κ3) is 1.53. The van der Waals surface area contributed by atoms with Gasteiger partial charge in [-0.25, -0.2) is 0 Å². The molecular formula is C9H12N4. The van der Waals surface area contributed by atoms with Gasteiger partial charge in [0.15, 0.2) is 11.5 Å². The fourth-order valence-corrected chi connectivity index (χ4v) is 1.25. The first-order valence-corrected chi connectivity index (χ1v) is 4.41. The van der Waals surface area contributed by atoms with E-state index in [2.05, 4.69) is 22.4 Å². The van der Waals surface area contributed by atoms with Crippen molar-refractivity contribution in [1.29, 1.82) is 0 Å². The highest BCUT2D eigenvalue weighted by Gasteiger charge is 2.01. The van der Waals surface area contributed by atoms with Crippen molar-refractivity contribution in [3.8, 4) is 0 Å². The molecule has 0 aliphatic rings. The molecule has 0 aliphatic heterocycles. The molecule has 0 spiro atoms. The van der Waals surface area contributed by atoms with Gasteiger partial charge in [-0.3, -0.25) is 4.40 Å². The van der Waals surface area contributed by atoms with Crippen LogP contribution in [0.25, 0.3) is 5.65 Å². The van der Waals surface area contributed by atoms with E-state index in [1.54, 1.807) is 0 Å². The molecule has 0 amide bonds. The number of hydrogen-bond acceptors (Lipinski definition) is 3. The summed E-state index contributed by atoms with van der Waals surface area (Å²) in [5.41, 5.74) is 0.899. The SMILES string of the molecule is CCNCc1nnc2ccccn12. The Labute approximate surface area is 76.6 Å². The molecule has 4 heteroatoms. The highest BCUT2D eigenvalue weighted by Crippen LogP contribution is 2.01. The second-order valence-corrected chi connectivity index (χ2v) is 2.83.